The molecule has 0 aliphatic rings. The first kappa shape index (κ1) is 19.5. The SMILES string of the molecule is COc1ccc(Nc2ccccc2C(=O)NCC(OC)c2ccccc2)cc1. The summed E-state index contributed by atoms with van der Waals surface area (Å²) in [4.78, 5) is 12.8. The summed E-state index contributed by atoms with van der Waals surface area (Å²) in [6.07, 6.45) is -0.202. The molecule has 0 radical (unpaired) electrons. The number of carbonyl (C=O) groups is 1. The van der Waals surface area contributed by atoms with E-state index in [-0.39, 0.29) is 12.0 Å². The van der Waals surface area contributed by atoms with Gasteiger partial charge in [-0.1, -0.05) is 42.5 Å². The van der Waals surface area contributed by atoms with Gasteiger partial charge in [-0.3, -0.25) is 4.79 Å². The molecule has 144 valence electrons. The van der Waals surface area contributed by atoms with Crippen molar-refractivity contribution in [3.05, 3.63) is 90.0 Å². The number of ether oxygens (including phenoxy) is 2. The lowest BCUT2D eigenvalue weighted by molar-refractivity contribution is 0.0828. The number of amides is 1. The average molecular weight is 376 g/mol. The highest BCUT2D eigenvalue weighted by Gasteiger charge is 2.15. The molecule has 5 nitrogen and oxygen atoms in total. The Kier molecular flexibility index (Phi) is 6.65. The molecule has 3 rings (SSSR count). The van der Waals surface area contributed by atoms with Crippen LogP contribution in [0, 0.1) is 0 Å². The number of anilines is 2. The minimum absolute atomic E-state index is 0.158. The minimum Gasteiger partial charge on any atom is -0.497 e. The van der Waals surface area contributed by atoms with E-state index in [1.165, 1.54) is 0 Å². The molecule has 0 bridgehead atoms. The number of nitrogens with one attached hydrogen (secondary N) is 2. The minimum atomic E-state index is -0.202. The van der Waals surface area contributed by atoms with Crippen LogP contribution in [0.1, 0.15) is 22.0 Å². The van der Waals surface area contributed by atoms with Crippen molar-refractivity contribution >= 4 is 17.3 Å². The van der Waals surface area contributed by atoms with Crippen molar-refractivity contribution in [3.63, 3.8) is 0 Å². The van der Waals surface area contributed by atoms with E-state index in [4.69, 9.17) is 9.47 Å². The van der Waals surface area contributed by atoms with Gasteiger partial charge in [0.05, 0.1) is 24.5 Å². The van der Waals surface area contributed by atoms with Crippen molar-refractivity contribution in [1.29, 1.82) is 0 Å². The van der Waals surface area contributed by atoms with E-state index in [0.29, 0.717) is 12.1 Å². The first-order valence-corrected chi connectivity index (χ1v) is 9.07. The Bertz CT molecular complexity index is 895. The lowest BCUT2D eigenvalue weighted by Crippen LogP contribution is -2.29. The zero-order valence-electron chi connectivity index (χ0n) is 16.0. The molecule has 5 heteroatoms. The molecule has 0 heterocycles. The van der Waals surface area contributed by atoms with Crippen molar-refractivity contribution in [2.75, 3.05) is 26.1 Å². The van der Waals surface area contributed by atoms with Crippen LogP contribution in [-0.2, 0) is 4.74 Å². The van der Waals surface area contributed by atoms with Gasteiger partial charge in [0, 0.05) is 19.3 Å². The van der Waals surface area contributed by atoms with Crippen LogP contribution in [0.5, 0.6) is 5.75 Å². The third-order valence-corrected chi connectivity index (χ3v) is 4.44. The van der Waals surface area contributed by atoms with Gasteiger partial charge in [0.25, 0.3) is 5.91 Å². The number of hydrogen-bond donors (Lipinski definition) is 2. The van der Waals surface area contributed by atoms with Crippen LogP contribution in [0.15, 0.2) is 78.9 Å². The van der Waals surface area contributed by atoms with Crippen LogP contribution in [-0.4, -0.2) is 26.7 Å². The summed E-state index contributed by atoms with van der Waals surface area (Å²) in [6, 6.07) is 24.8. The lowest BCUT2D eigenvalue weighted by atomic mass is 10.1. The number of methoxy groups -OCH3 is 2. The van der Waals surface area contributed by atoms with Crippen LogP contribution in [0.4, 0.5) is 11.4 Å². The molecule has 1 atom stereocenters. The fraction of sp³-hybridized carbons (Fsp3) is 0.174. The highest BCUT2D eigenvalue weighted by Crippen LogP contribution is 2.23. The van der Waals surface area contributed by atoms with Gasteiger partial charge in [-0.2, -0.15) is 0 Å². The molecule has 3 aromatic carbocycles. The van der Waals surface area contributed by atoms with E-state index in [1.807, 2.05) is 72.8 Å². The molecule has 1 amide bonds. The first-order valence-electron chi connectivity index (χ1n) is 9.07. The fourth-order valence-corrected chi connectivity index (χ4v) is 2.91. The number of carbonyl (C=O) groups excluding carboxylic acids is 1. The van der Waals surface area contributed by atoms with Crippen LogP contribution in [0.25, 0.3) is 0 Å². The summed E-state index contributed by atoms with van der Waals surface area (Å²) >= 11 is 0. The molecule has 3 aromatic rings. The molecule has 0 saturated heterocycles. The maximum Gasteiger partial charge on any atom is 0.253 e. The van der Waals surface area contributed by atoms with Crippen molar-refractivity contribution in [2.24, 2.45) is 0 Å². The maximum absolute atomic E-state index is 12.8. The second-order valence-electron chi connectivity index (χ2n) is 6.24. The normalized spacial score (nSPS) is 11.5. The highest BCUT2D eigenvalue weighted by molar-refractivity contribution is 6.00. The summed E-state index contributed by atoms with van der Waals surface area (Å²) in [7, 11) is 3.27. The molecule has 0 aliphatic carbocycles. The summed E-state index contributed by atoms with van der Waals surface area (Å²) in [6.45, 7) is 0.385. The van der Waals surface area contributed by atoms with Crippen LogP contribution in [0.2, 0.25) is 0 Å². The Morgan fingerprint density at radius 1 is 0.893 bits per heavy atom. The molecule has 0 saturated carbocycles. The molecule has 1 unspecified atom stereocenters. The van der Waals surface area contributed by atoms with E-state index >= 15 is 0 Å². The van der Waals surface area contributed by atoms with Gasteiger partial charge in [0.2, 0.25) is 0 Å². The van der Waals surface area contributed by atoms with Gasteiger partial charge in [-0.05, 0) is 42.0 Å². The Morgan fingerprint density at radius 2 is 1.57 bits per heavy atom. The fourth-order valence-electron chi connectivity index (χ4n) is 2.91. The van der Waals surface area contributed by atoms with Crippen molar-refractivity contribution in [1.82, 2.24) is 5.32 Å². The smallest absolute Gasteiger partial charge is 0.253 e. The third-order valence-electron chi connectivity index (χ3n) is 4.44. The van der Waals surface area contributed by atoms with E-state index in [2.05, 4.69) is 10.6 Å². The van der Waals surface area contributed by atoms with Crippen LogP contribution >= 0.6 is 0 Å². The number of benzene rings is 3. The van der Waals surface area contributed by atoms with Gasteiger partial charge in [0.1, 0.15) is 5.75 Å². The van der Waals surface area contributed by atoms with Gasteiger partial charge < -0.3 is 20.1 Å². The molecular formula is C23H24N2O3. The third kappa shape index (κ3) is 4.90. The zero-order chi connectivity index (χ0) is 19.8. The standard InChI is InChI=1S/C23H24N2O3/c1-27-19-14-12-18(13-15-19)25-21-11-7-6-10-20(21)23(26)24-16-22(28-2)17-8-4-3-5-9-17/h3-15,22,25H,16H2,1-2H3,(H,24,26). The predicted molar refractivity (Wildman–Crippen MR) is 111 cm³/mol. The quantitative estimate of drug-likeness (QED) is 0.605. The van der Waals surface area contributed by atoms with Gasteiger partial charge in [-0.15, -0.1) is 0 Å². The Labute approximate surface area is 165 Å². The average Bonchev–Trinajstić information content (AvgIpc) is 2.76. The number of rotatable bonds is 8. The predicted octanol–water partition coefficient (Wildman–Crippen LogP) is 4.56. The summed E-state index contributed by atoms with van der Waals surface area (Å²) < 4.78 is 10.7. The van der Waals surface area contributed by atoms with Gasteiger partial charge >= 0.3 is 0 Å². The van der Waals surface area contributed by atoms with Gasteiger partial charge in [-0.25, -0.2) is 0 Å². The second kappa shape index (κ2) is 9.58. The van der Waals surface area contributed by atoms with E-state index < -0.39 is 0 Å². The van der Waals surface area contributed by atoms with Crippen LogP contribution in [0.3, 0.4) is 0 Å². The first-order chi connectivity index (χ1) is 13.7. The van der Waals surface area contributed by atoms with Crippen molar-refractivity contribution in [2.45, 2.75) is 6.10 Å². The lowest BCUT2D eigenvalue weighted by Gasteiger charge is -2.17. The van der Waals surface area contributed by atoms with E-state index in [0.717, 1.165) is 22.7 Å². The van der Waals surface area contributed by atoms with E-state index in [9.17, 15) is 4.79 Å². The molecule has 0 spiro atoms. The largest absolute Gasteiger partial charge is 0.497 e. The number of hydrogen-bond acceptors (Lipinski definition) is 4. The van der Waals surface area contributed by atoms with Crippen LogP contribution < -0.4 is 15.4 Å². The Morgan fingerprint density at radius 3 is 2.25 bits per heavy atom. The Hall–Kier alpha value is -3.31. The zero-order valence-corrected chi connectivity index (χ0v) is 16.0. The Balaban J connectivity index is 1.69. The summed E-state index contributed by atoms with van der Waals surface area (Å²) in [5.41, 5.74) is 3.20. The second-order valence-corrected chi connectivity index (χ2v) is 6.24. The highest BCUT2D eigenvalue weighted by atomic mass is 16.5. The topological polar surface area (TPSA) is 59.6 Å². The van der Waals surface area contributed by atoms with Crippen molar-refractivity contribution < 1.29 is 14.3 Å². The van der Waals surface area contributed by atoms with Crippen molar-refractivity contribution in [3.8, 4) is 5.75 Å². The summed E-state index contributed by atoms with van der Waals surface area (Å²) in [5.74, 6) is 0.623. The molecule has 28 heavy (non-hydrogen) atoms. The molecule has 0 fully saturated rings. The molecular weight excluding hydrogens is 352 g/mol. The summed E-state index contributed by atoms with van der Waals surface area (Å²) in [5, 5.41) is 6.26. The van der Waals surface area contributed by atoms with E-state index in [1.54, 1.807) is 20.3 Å². The molecule has 0 aromatic heterocycles. The molecule has 2 N–H and O–H groups in total. The number of para-hydroxylation sites is 1. The molecule has 0 aliphatic heterocycles. The maximum atomic E-state index is 12.8. The van der Waals surface area contributed by atoms with Gasteiger partial charge in [0.15, 0.2) is 0 Å². The monoisotopic (exact) mass is 376 g/mol.